The topological polar surface area (TPSA) is 107 Å². The maximum Gasteiger partial charge on any atom is 0.271 e. The number of carbonyl (C=O) groups excluding carboxylic acids is 1. The second kappa shape index (κ2) is 6.34. The molecule has 1 aliphatic rings. The van der Waals surface area contributed by atoms with Gasteiger partial charge in [-0.1, -0.05) is 6.07 Å². The summed E-state index contributed by atoms with van der Waals surface area (Å²) >= 11 is 1.55. The highest BCUT2D eigenvalue weighted by Crippen LogP contribution is 2.34. The van der Waals surface area contributed by atoms with Crippen molar-refractivity contribution in [2.45, 2.75) is 25.8 Å². The van der Waals surface area contributed by atoms with E-state index in [1.165, 1.54) is 34.0 Å². The van der Waals surface area contributed by atoms with E-state index in [0.717, 1.165) is 29.7 Å². The van der Waals surface area contributed by atoms with Gasteiger partial charge in [0, 0.05) is 22.7 Å². The van der Waals surface area contributed by atoms with Crippen LogP contribution >= 0.6 is 11.3 Å². The normalized spacial score (nSPS) is 12.9. The largest absolute Gasteiger partial charge is 0.324 e. The van der Waals surface area contributed by atoms with E-state index in [4.69, 9.17) is 0 Å². The third-order valence-electron chi connectivity index (χ3n) is 4.35. The van der Waals surface area contributed by atoms with Crippen molar-refractivity contribution in [3.05, 3.63) is 61.5 Å². The molecule has 9 heteroatoms. The third-order valence-corrected chi connectivity index (χ3v) is 5.55. The molecule has 0 spiro atoms. The Labute approximate surface area is 151 Å². The van der Waals surface area contributed by atoms with Gasteiger partial charge < -0.3 is 5.32 Å². The van der Waals surface area contributed by atoms with Crippen molar-refractivity contribution in [1.29, 1.82) is 0 Å². The number of amides is 1. The van der Waals surface area contributed by atoms with Crippen LogP contribution in [-0.2, 0) is 24.2 Å². The summed E-state index contributed by atoms with van der Waals surface area (Å²) in [6.45, 7) is -0.199. The fourth-order valence-electron chi connectivity index (χ4n) is 3.18. The number of rotatable bonds is 4. The lowest BCUT2D eigenvalue weighted by molar-refractivity contribution is -0.384. The minimum atomic E-state index is -0.533. The van der Waals surface area contributed by atoms with Crippen LogP contribution in [-0.4, -0.2) is 20.4 Å². The van der Waals surface area contributed by atoms with Crippen molar-refractivity contribution in [2.24, 2.45) is 0 Å². The molecule has 0 aliphatic heterocycles. The SMILES string of the molecule is O=C(Cn1cnc2sc3c(c2c1=O)CCC3)Nc1cccc([N+](=O)[O-])c1. The fraction of sp³-hybridized carbons (Fsp3) is 0.235. The van der Waals surface area contributed by atoms with Crippen LogP contribution in [0.2, 0.25) is 0 Å². The van der Waals surface area contributed by atoms with Crippen molar-refractivity contribution in [3.63, 3.8) is 0 Å². The molecule has 3 aromatic rings. The maximum absolute atomic E-state index is 12.7. The third kappa shape index (κ3) is 2.86. The van der Waals surface area contributed by atoms with Crippen LogP contribution in [0.1, 0.15) is 16.9 Å². The minimum Gasteiger partial charge on any atom is -0.324 e. The Bertz CT molecular complexity index is 1100. The highest BCUT2D eigenvalue weighted by atomic mass is 32.1. The standard InChI is InChI=1S/C17H14N4O4S/c22-14(19-10-3-1-4-11(7-10)21(24)25)8-20-9-18-16-15(17(20)23)12-5-2-6-13(12)26-16/h1,3-4,7,9H,2,5-6,8H2,(H,19,22). The van der Waals surface area contributed by atoms with Gasteiger partial charge in [-0.2, -0.15) is 0 Å². The van der Waals surface area contributed by atoms with E-state index in [0.29, 0.717) is 11.1 Å². The van der Waals surface area contributed by atoms with Crippen LogP contribution in [0, 0.1) is 10.1 Å². The smallest absolute Gasteiger partial charge is 0.271 e. The van der Waals surface area contributed by atoms with Gasteiger partial charge in [0.2, 0.25) is 5.91 Å². The Morgan fingerprint density at radius 1 is 1.38 bits per heavy atom. The van der Waals surface area contributed by atoms with Gasteiger partial charge in [-0.05, 0) is 30.9 Å². The summed E-state index contributed by atoms with van der Waals surface area (Å²) in [5, 5.41) is 14.0. The Balaban J connectivity index is 1.58. The molecular formula is C17H14N4O4S. The number of benzene rings is 1. The van der Waals surface area contributed by atoms with E-state index in [-0.39, 0.29) is 17.8 Å². The van der Waals surface area contributed by atoms with Gasteiger partial charge in [0.1, 0.15) is 11.4 Å². The zero-order chi connectivity index (χ0) is 18.3. The number of hydrogen-bond acceptors (Lipinski definition) is 6. The van der Waals surface area contributed by atoms with Crippen LogP contribution < -0.4 is 10.9 Å². The predicted octanol–water partition coefficient (Wildman–Crippen LogP) is 2.49. The first kappa shape index (κ1) is 16.4. The molecule has 8 nitrogen and oxygen atoms in total. The Kier molecular flexibility index (Phi) is 4.00. The number of aryl methyl sites for hydroxylation is 2. The summed E-state index contributed by atoms with van der Waals surface area (Å²) in [7, 11) is 0. The Hall–Kier alpha value is -3.07. The molecule has 1 N–H and O–H groups in total. The maximum atomic E-state index is 12.7. The highest BCUT2D eigenvalue weighted by Gasteiger charge is 2.21. The van der Waals surface area contributed by atoms with Crippen LogP contribution in [0.4, 0.5) is 11.4 Å². The molecule has 0 bridgehead atoms. The summed E-state index contributed by atoms with van der Waals surface area (Å²) in [5.74, 6) is -0.444. The summed E-state index contributed by atoms with van der Waals surface area (Å²) in [4.78, 5) is 41.5. The highest BCUT2D eigenvalue weighted by molar-refractivity contribution is 7.18. The van der Waals surface area contributed by atoms with Gasteiger partial charge >= 0.3 is 0 Å². The summed E-state index contributed by atoms with van der Waals surface area (Å²) < 4.78 is 1.28. The number of nitro benzene ring substituents is 1. The van der Waals surface area contributed by atoms with Crippen LogP contribution in [0.25, 0.3) is 10.2 Å². The number of thiophene rings is 1. The molecule has 0 saturated heterocycles. The lowest BCUT2D eigenvalue weighted by Crippen LogP contribution is -2.28. The van der Waals surface area contributed by atoms with E-state index >= 15 is 0 Å². The number of hydrogen-bond donors (Lipinski definition) is 1. The van der Waals surface area contributed by atoms with E-state index in [1.54, 1.807) is 17.4 Å². The minimum absolute atomic E-state index is 0.114. The number of nitrogens with zero attached hydrogens (tertiary/aromatic N) is 3. The van der Waals surface area contributed by atoms with Gasteiger partial charge in [-0.3, -0.25) is 24.3 Å². The quantitative estimate of drug-likeness (QED) is 0.561. The fourth-order valence-corrected chi connectivity index (χ4v) is 4.40. The molecule has 1 aliphatic carbocycles. The van der Waals surface area contributed by atoms with Crippen molar-refractivity contribution < 1.29 is 9.72 Å². The number of non-ortho nitro benzene ring substituents is 1. The Morgan fingerprint density at radius 3 is 3.04 bits per heavy atom. The summed E-state index contributed by atoms with van der Waals surface area (Å²) in [6.07, 6.45) is 4.27. The van der Waals surface area contributed by atoms with Crippen LogP contribution in [0.15, 0.2) is 35.4 Å². The molecular weight excluding hydrogens is 356 g/mol. The molecule has 0 atom stereocenters. The van der Waals surface area contributed by atoms with Crippen molar-refractivity contribution in [1.82, 2.24) is 9.55 Å². The molecule has 2 heterocycles. The van der Waals surface area contributed by atoms with Crippen molar-refractivity contribution in [2.75, 3.05) is 5.32 Å². The zero-order valence-electron chi connectivity index (χ0n) is 13.6. The lowest BCUT2D eigenvalue weighted by atomic mass is 10.2. The second-order valence-corrected chi connectivity index (χ2v) is 7.15. The number of anilines is 1. The molecule has 0 radical (unpaired) electrons. The Morgan fingerprint density at radius 2 is 2.23 bits per heavy atom. The molecule has 26 heavy (non-hydrogen) atoms. The average molecular weight is 370 g/mol. The molecule has 1 aromatic carbocycles. The first-order valence-electron chi connectivity index (χ1n) is 8.07. The van der Waals surface area contributed by atoms with Gasteiger partial charge in [0.05, 0.1) is 16.6 Å². The van der Waals surface area contributed by atoms with Crippen LogP contribution in [0.5, 0.6) is 0 Å². The number of fused-ring (bicyclic) bond motifs is 3. The van der Waals surface area contributed by atoms with E-state index < -0.39 is 10.8 Å². The molecule has 0 unspecified atom stereocenters. The second-order valence-electron chi connectivity index (χ2n) is 6.07. The van der Waals surface area contributed by atoms with Gasteiger partial charge in [-0.15, -0.1) is 11.3 Å². The summed E-state index contributed by atoms with van der Waals surface area (Å²) in [5.41, 5.74) is 1.04. The average Bonchev–Trinajstić information content (AvgIpc) is 3.18. The van der Waals surface area contributed by atoms with Gasteiger partial charge in [-0.25, -0.2) is 4.98 Å². The van der Waals surface area contributed by atoms with Crippen molar-refractivity contribution in [3.8, 4) is 0 Å². The first-order chi connectivity index (χ1) is 12.5. The van der Waals surface area contributed by atoms with Gasteiger partial charge in [0.15, 0.2) is 0 Å². The molecule has 2 aromatic heterocycles. The van der Waals surface area contributed by atoms with Gasteiger partial charge in [0.25, 0.3) is 11.2 Å². The number of nitrogens with one attached hydrogen (secondary N) is 1. The van der Waals surface area contributed by atoms with E-state index in [9.17, 15) is 19.7 Å². The molecule has 4 rings (SSSR count). The predicted molar refractivity (Wildman–Crippen MR) is 97.6 cm³/mol. The number of nitro groups is 1. The van der Waals surface area contributed by atoms with Crippen molar-refractivity contribution >= 4 is 38.8 Å². The summed E-state index contributed by atoms with van der Waals surface area (Å²) in [6, 6.07) is 5.66. The lowest BCUT2D eigenvalue weighted by Gasteiger charge is -2.07. The first-order valence-corrected chi connectivity index (χ1v) is 8.88. The van der Waals surface area contributed by atoms with E-state index in [1.807, 2.05) is 0 Å². The monoisotopic (exact) mass is 370 g/mol. The van der Waals surface area contributed by atoms with Crippen LogP contribution in [0.3, 0.4) is 0 Å². The molecule has 0 saturated carbocycles. The zero-order valence-corrected chi connectivity index (χ0v) is 14.4. The van der Waals surface area contributed by atoms with E-state index in [2.05, 4.69) is 10.3 Å². The molecule has 132 valence electrons. The molecule has 1 amide bonds. The number of carbonyl (C=O) groups is 1. The number of aromatic nitrogens is 2. The molecule has 0 fully saturated rings.